The number of nitrogens with zero attached hydrogens (tertiary/aromatic N) is 1. The zero-order valence-electron chi connectivity index (χ0n) is 10.5. The molecule has 1 saturated carbocycles. The summed E-state index contributed by atoms with van der Waals surface area (Å²) in [5, 5.41) is 16.1. The summed E-state index contributed by atoms with van der Waals surface area (Å²) in [7, 11) is 1.40. The van der Waals surface area contributed by atoms with E-state index < -0.39 is 4.92 Å². The van der Waals surface area contributed by atoms with E-state index in [1.165, 1.54) is 25.3 Å². The monoisotopic (exact) mass is 265 g/mol. The predicted molar refractivity (Wildman–Crippen MR) is 69.4 cm³/mol. The van der Waals surface area contributed by atoms with Gasteiger partial charge in [0.15, 0.2) is 0 Å². The molecule has 0 aromatic heterocycles. The molecule has 102 valence electrons. The number of ether oxygens (including phenoxy) is 1. The van der Waals surface area contributed by atoms with Gasteiger partial charge in [-0.05, 0) is 25.3 Å². The number of rotatable bonds is 4. The van der Waals surface area contributed by atoms with Gasteiger partial charge in [-0.2, -0.15) is 0 Å². The summed E-state index contributed by atoms with van der Waals surface area (Å²) in [6.07, 6.45) is 3.11. The average Bonchev–Trinajstić information content (AvgIpc) is 2.34. The number of amides is 2. The van der Waals surface area contributed by atoms with E-state index in [-0.39, 0.29) is 23.5 Å². The van der Waals surface area contributed by atoms with E-state index in [9.17, 15) is 14.9 Å². The van der Waals surface area contributed by atoms with E-state index in [2.05, 4.69) is 10.6 Å². The molecule has 7 nitrogen and oxygen atoms in total. The van der Waals surface area contributed by atoms with Crippen molar-refractivity contribution in [2.45, 2.75) is 25.3 Å². The number of hydrogen-bond donors (Lipinski definition) is 2. The Morgan fingerprint density at radius 2 is 2.21 bits per heavy atom. The summed E-state index contributed by atoms with van der Waals surface area (Å²) >= 11 is 0. The second-order valence-electron chi connectivity index (χ2n) is 4.37. The molecule has 7 heteroatoms. The fraction of sp³-hybridized carbons (Fsp3) is 0.417. The van der Waals surface area contributed by atoms with Crippen LogP contribution in [0.2, 0.25) is 0 Å². The van der Waals surface area contributed by atoms with E-state index in [0.717, 1.165) is 19.3 Å². The van der Waals surface area contributed by atoms with Gasteiger partial charge in [0.1, 0.15) is 5.75 Å². The van der Waals surface area contributed by atoms with Crippen molar-refractivity contribution in [2.75, 3.05) is 12.4 Å². The third kappa shape index (κ3) is 3.12. The number of benzene rings is 1. The maximum atomic E-state index is 11.7. The summed E-state index contributed by atoms with van der Waals surface area (Å²) in [6.45, 7) is 0. The molecule has 0 radical (unpaired) electrons. The molecule has 1 aliphatic carbocycles. The van der Waals surface area contributed by atoms with E-state index >= 15 is 0 Å². The molecule has 0 spiro atoms. The minimum atomic E-state index is -0.513. The van der Waals surface area contributed by atoms with Crippen molar-refractivity contribution >= 4 is 17.4 Å². The SMILES string of the molecule is COc1cc([N+](=O)[O-])ccc1NC(=O)NC1CCC1. The van der Waals surface area contributed by atoms with Gasteiger partial charge in [-0.25, -0.2) is 4.79 Å². The summed E-state index contributed by atoms with van der Waals surface area (Å²) in [4.78, 5) is 21.8. The lowest BCUT2D eigenvalue weighted by molar-refractivity contribution is -0.384. The number of methoxy groups -OCH3 is 1. The number of carbonyl (C=O) groups excluding carboxylic acids is 1. The fourth-order valence-corrected chi connectivity index (χ4v) is 1.79. The first-order chi connectivity index (χ1) is 9.10. The van der Waals surface area contributed by atoms with Gasteiger partial charge in [-0.3, -0.25) is 10.1 Å². The van der Waals surface area contributed by atoms with Crippen molar-refractivity contribution in [3.05, 3.63) is 28.3 Å². The lowest BCUT2D eigenvalue weighted by atomic mass is 9.93. The zero-order valence-corrected chi connectivity index (χ0v) is 10.5. The Labute approximate surface area is 110 Å². The highest BCUT2D eigenvalue weighted by Crippen LogP contribution is 2.29. The van der Waals surface area contributed by atoms with Gasteiger partial charge in [-0.1, -0.05) is 0 Å². The third-order valence-electron chi connectivity index (χ3n) is 3.08. The maximum Gasteiger partial charge on any atom is 0.319 e. The molecule has 1 aliphatic rings. The van der Waals surface area contributed by atoms with Crippen LogP contribution in [0.1, 0.15) is 19.3 Å². The molecule has 0 heterocycles. The highest BCUT2D eigenvalue weighted by Gasteiger charge is 2.20. The highest BCUT2D eigenvalue weighted by atomic mass is 16.6. The molecule has 19 heavy (non-hydrogen) atoms. The van der Waals surface area contributed by atoms with Gasteiger partial charge in [0.2, 0.25) is 0 Å². The van der Waals surface area contributed by atoms with E-state index in [4.69, 9.17) is 4.74 Å². The smallest absolute Gasteiger partial charge is 0.319 e. The number of non-ortho nitro benzene ring substituents is 1. The van der Waals surface area contributed by atoms with Gasteiger partial charge < -0.3 is 15.4 Å². The molecule has 0 aliphatic heterocycles. The zero-order chi connectivity index (χ0) is 13.8. The van der Waals surface area contributed by atoms with Crippen LogP contribution in [0.25, 0.3) is 0 Å². The van der Waals surface area contributed by atoms with Crippen molar-refractivity contribution in [3.8, 4) is 5.75 Å². The molecule has 1 aromatic carbocycles. The summed E-state index contributed by atoms with van der Waals surface area (Å²) in [5.74, 6) is 0.262. The molecule has 0 unspecified atom stereocenters. The summed E-state index contributed by atoms with van der Waals surface area (Å²) in [5.41, 5.74) is 0.326. The molecule has 2 amide bonds. The van der Waals surface area contributed by atoms with Crippen LogP contribution in [-0.4, -0.2) is 24.1 Å². The van der Waals surface area contributed by atoms with Crippen LogP contribution in [-0.2, 0) is 0 Å². The normalized spacial score (nSPS) is 14.4. The first-order valence-electron chi connectivity index (χ1n) is 6.00. The van der Waals surface area contributed by atoms with Crippen LogP contribution in [0.5, 0.6) is 5.75 Å². The van der Waals surface area contributed by atoms with Crippen molar-refractivity contribution in [1.82, 2.24) is 5.32 Å². The molecular formula is C12H15N3O4. The van der Waals surface area contributed by atoms with Crippen molar-refractivity contribution in [1.29, 1.82) is 0 Å². The van der Waals surface area contributed by atoms with Gasteiger partial charge in [0.25, 0.3) is 5.69 Å². The Morgan fingerprint density at radius 3 is 2.74 bits per heavy atom. The van der Waals surface area contributed by atoms with E-state index in [0.29, 0.717) is 5.69 Å². The summed E-state index contributed by atoms with van der Waals surface area (Å²) < 4.78 is 5.04. The predicted octanol–water partition coefficient (Wildman–Crippen LogP) is 2.28. The average molecular weight is 265 g/mol. The summed E-state index contributed by atoms with van der Waals surface area (Å²) in [6, 6.07) is 3.96. The number of nitro benzene ring substituents is 1. The van der Waals surface area contributed by atoms with Gasteiger partial charge >= 0.3 is 6.03 Å². The number of hydrogen-bond acceptors (Lipinski definition) is 4. The van der Waals surface area contributed by atoms with Crippen LogP contribution in [0, 0.1) is 10.1 Å². The molecule has 1 fully saturated rings. The quantitative estimate of drug-likeness (QED) is 0.645. The molecule has 1 aromatic rings. The minimum absolute atomic E-state index is 0.0817. The first kappa shape index (κ1) is 13.1. The van der Waals surface area contributed by atoms with Crippen LogP contribution in [0.15, 0.2) is 18.2 Å². The molecule has 0 atom stereocenters. The van der Waals surface area contributed by atoms with Crippen LogP contribution >= 0.6 is 0 Å². The van der Waals surface area contributed by atoms with Crippen molar-refractivity contribution in [3.63, 3.8) is 0 Å². The molecule has 2 rings (SSSR count). The second kappa shape index (κ2) is 5.55. The fourth-order valence-electron chi connectivity index (χ4n) is 1.79. The number of nitrogens with one attached hydrogen (secondary N) is 2. The van der Waals surface area contributed by atoms with Gasteiger partial charge in [-0.15, -0.1) is 0 Å². The number of anilines is 1. The van der Waals surface area contributed by atoms with E-state index in [1.807, 2.05) is 0 Å². The number of nitro groups is 1. The Balaban J connectivity index is 2.06. The van der Waals surface area contributed by atoms with Gasteiger partial charge in [0.05, 0.1) is 23.8 Å². The Morgan fingerprint density at radius 1 is 1.47 bits per heavy atom. The number of urea groups is 1. The standard InChI is InChI=1S/C12H15N3O4/c1-19-11-7-9(15(17)18)5-6-10(11)14-12(16)13-8-3-2-4-8/h5-8H,2-4H2,1H3,(H2,13,14,16). The second-order valence-corrected chi connectivity index (χ2v) is 4.37. The molecule has 0 bridgehead atoms. The van der Waals surface area contributed by atoms with Crippen LogP contribution in [0.3, 0.4) is 0 Å². The van der Waals surface area contributed by atoms with Crippen molar-refractivity contribution in [2.24, 2.45) is 0 Å². The van der Waals surface area contributed by atoms with Crippen LogP contribution in [0.4, 0.5) is 16.2 Å². The van der Waals surface area contributed by atoms with E-state index in [1.54, 1.807) is 0 Å². The molecular weight excluding hydrogens is 250 g/mol. The molecule has 0 saturated heterocycles. The Bertz CT molecular complexity index is 500. The number of carbonyl (C=O) groups is 1. The van der Waals surface area contributed by atoms with Gasteiger partial charge in [0, 0.05) is 12.1 Å². The lowest BCUT2D eigenvalue weighted by Gasteiger charge is -2.26. The van der Waals surface area contributed by atoms with Crippen LogP contribution < -0.4 is 15.4 Å². The molecule has 2 N–H and O–H groups in total. The lowest BCUT2D eigenvalue weighted by Crippen LogP contribution is -2.41. The van der Waals surface area contributed by atoms with Crippen molar-refractivity contribution < 1.29 is 14.5 Å². The first-order valence-corrected chi connectivity index (χ1v) is 6.00. The topological polar surface area (TPSA) is 93.5 Å². The third-order valence-corrected chi connectivity index (χ3v) is 3.08. The highest BCUT2D eigenvalue weighted by molar-refractivity contribution is 5.91. The Hall–Kier alpha value is -2.31. The minimum Gasteiger partial charge on any atom is -0.494 e. The maximum absolute atomic E-state index is 11.7. The Kier molecular flexibility index (Phi) is 3.84. The largest absolute Gasteiger partial charge is 0.494 e.